The molecule has 112 valence electrons. The minimum absolute atomic E-state index is 0.0868. The van der Waals surface area contributed by atoms with E-state index in [1.165, 1.54) is 0 Å². The van der Waals surface area contributed by atoms with E-state index in [1.807, 2.05) is 6.92 Å². The lowest BCUT2D eigenvalue weighted by Crippen LogP contribution is -2.43. The molecule has 3 aliphatic rings. The zero-order valence-electron chi connectivity index (χ0n) is 11.7. The smallest absolute Gasteiger partial charge is 0.330 e. The van der Waals surface area contributed by atoms with Gasteiger partial charge in [-0.15, -0.1) is 0 Å². The maximum absolute atomic E-state index is 13.7. The van der Waals surface area contributed by atoms with Gasteiger partial charge in [0.15, 0.2) is 12.5 Å². The minimum Gasteiger partial charge on any atom is -0.458 e. The lowest BCUT2D eigenvalue weighted by Gasteiger charge is -2.39. The second-order valence-corrected chi connectivity index (χ2v) is 5.94. The maximum Gasteiger partial charge on any atom is 0.330 e. The van der Waals surface area contributed by atoms with Gasteiger partial charge in [0.1, 0.15) is 6.10 Å². The first kappa shape index (κ1) is 14.0. The van der Waals surface area contributed by atoms with Gasteiger partial charge in [0.05, 0.1) is 6.10 Å². The number of hydrogen-bond acceptors (Lipinski definition) is 4. The molecule has 2 fully saturated rings. The van der Waals surface area contributed by atoms with Gasteiger partial charge in [-0.1, -0.05) is 5.57 Å². The van der Waals surface area contributed by atoms with Crippen molar-refractivity contribution in [1.82, 2.24) is 0 Å². The Bertz CT molecular complexity index is 409. The van der Waals surface area contributed by atoms with Crippen LogP contribution in [0.5, 0.6) is 0 Å². The van der Waals surface area contributed by atoms with Gasteiger partial charge in [-0.2, -0.15) is 0 Å². The number of alkyl halides is 1. The average Bonchev–Trinajstić information content (AvgIpc) is 2.41. The highest BCUT2D eigenvalue weighted by Crippen LogP contribution is 2.37. The molecule has 1 saturated heterocycles. The predicted octanol–water partition coefficient (Wildman–Crippen LogP) is 2.52. The molecule has 1 aliphatic carbocycles. The molecule has 3 rings (SSSR count). The fraction of sp³-hybridized carbons (Fsp3) is 0.800. The van der Waals surface area contributed by atoms with E-state index in [2.05, 4.69) is 0 Å². The molecule has 20 heavy (non-hydrogen) atoms. The van der Waals surface area contributed by atoms with Crippen molar-refractivity contribution >= 4 is 5.97 Å². The van der Waals surface area contributed by atoms with Crippen LogP contribution < -0.4 is 0 Å². The number of halogens is 1. The highest BCUT2D eigenvalue weighted by Gasteiger charge is 2.39. The summed E-state index contributed by atoms with van der Waals surface area (Å²) in [5, 5.41) is 0. The molecule has 0 aromatic rings. The SMILES string of the molecule is CC1=CC(=O)OC2CC(OC3OCCCC3F)CCC12. The fourth-order valence-corrected chi connectivity index (χ4v) is 3.38. The predicted molar refractivity (Wildman–Crippen MR) is 69.7 cm³/mol. The summed E-state index contributed by atoms with van der Waals surface area (Å²) in [4.78, 5) is 11.5. The summed E-state index contributed by atoms with van der Waals surface area (Å²) < 4.78 is 30.2. The molecule has 0 amide bonds. The molecule has 5 heteroatoms. The Morgan fingerprint density at radius 2 is 2.20 bits per heavy atom. The molecule has 0 N–H and O–H groups in total. The van der Waals surface area contributed by atoms with E-state index in [-0.39, 0.29) is 18.2 Å². The minimum atomic E-state index is -1.04. The molecular weight excluding hydrogens is 263 g/mol. The summed E-state index contributed by atoms with van der Waals surface area (Å²) in [5.41, 5.74) is 1.09. The summed E-state index contributed by atoms with van der Waals surface area (Å²) in [5.74, 6) is 0.0164. The van der Waals surface area contributed by atoms with Gasteiger partial charge in [-0.25, -0.2) is 9.18 Å². The van der Waals surface area contributed by atoms with Crippen molar-refractivity contribution in [3.63, 3.8) is 0 Å². The quantitative estimate of drug-likeness (QED) is 0.731. The van der Waals surface area contributed by atoms with Crippen LogP contribution in [0, 0.1) is 5.92 Å². The first-order chi connectivity index (χ1) is 9.63. The largest absolute Gasteiger partial charge is 0.458 e. The Hall–Kier alpha value is -0.940. The first-order valence-corrected chi connectivity index (χ1v) is 7.43. The lowest BCUT2D eigenvalue weighted by molar-refractivity contribution is -0.229. The third-order valence-corrected chi connectivity index (χ3v) is 4.47. The zero-order valence-corrected chi connectivity index (χ0v) is 11.7. The number of carbonyl (C=O) groups excluding carboxylic acids is 1. The number of hydrogen-bond donors (Lipinski definition) is 0. The van der Waals surface area contributed by atoms with Crippen molar-refractivity contribution in [3.8, 4) is 0 Å². The fourth-order valence-electron chi connectivity index (χ4n) is 3.38. The molecule has 4 nitrogen and oxygen atoms in total. The summed E-state index contributed by atoms with van der Waals surface area (Å²) in [6.45, 7) is 2.53. The molecule has 0 bridgehead atoms. The van der Waals surface area contributed by atoms with Crippen LogP contribution in [0.25, 0.3) is 0 Å². The van der Waals surface area contributed by atoms with E-state index in [4.69, 9.17) is 14.2 Å². The molecule has 5 atom stereocenters. The van der Waals surface area contributed by atoms with E-state index < -0.39 is 12.5 Å². The van der Waals surface area contributed by atoms with Gasteiger partial charge in [0, 0.05) is 25.0 Å². The summed E-state index contributed by atoms with van der Waals surface area (Å²) in [6, 6.07) is 0. The first-order valence-electron chi connectivity index (χ1n) is 7.43. The van der Waals surface area contributed by atoms with Gasteiger partial charge in [-0.3, -0.25) is 0 Å². The van der Waals surface area contributed by atoms with Gasteiger partial charge in [0.2, 0.25) is 0 Å². The van der Waals surface area contributed by atoms with E-state index in [1.54, 1.807) is 6.08 Å². The summed E-state index contributed by atoms with van der Waals surface area (Å²) in [7, 11) is 0. The molecule has 0 radical (unpaired) electrons. The van der Waals surface area contributed by atoms with Gasteiger partial charge in [0.25, 0.3) is 0 Å². The van der Waals surface area contributed by atoms with E-state index in [0.29, 0.717) is 25.4 Å². The van der Waals surface area contributed by atoms with E-state index >= 15 is 0 Å². The molecule has 0 aromatic heterocycles. The van der Waals surface area contributed by atoms with Crippen molar-refractivity contribution in [2.45, 2.75) is 63.7 Å². The van der Waals surface area contributed by atoms with Gasteiger partial charge in [-0.05, 0) is 32.6 Å². The van der Waals surface area contributed by atoms with Crippen molar-refractivity contribution in [1.29, 1.82) is 0 Å². The van der Waals surface area contributed by atoms with Crippen LogP contribution in [0.3, 0.4) is 0 Å². The molecule has 5 unspecified atom stereocenters. The van der Waals surface area contributed by atoms with Gasteiger partial charge < -0.3 is 14.2 Å². The highest BCUT2D eigenvalue weighted by molar-refractivity contribution is 5.84. The van der Waals surface area contributed by atoms with Crippen LogP contribution in [0.15, 0.2) is 11.6 Å². The molecule has 2 heterocycles. The Morgan fingerprint density at radius 3 is 3.00 bits per heavy atom. The Morgan fingerprint density at radius 1 is 1.35 bits per heavy atom. The second kappa shape index (κ2) is 5.82. The molecule has 2 aliphatic heterocycles. The Labute approximate surface area is 118 Å². The van der Waals surface area contributed by atoms with Crippen LogP contribution in [0.4, 0.5) is 4.39 Å². The number of carbonyl (C=O) groups is 1. The molecule has 0 aromatic carbocycles. The average molecular weight is 284 g/mol. The summed E-state index contributed by atoms with van der Waals surface area (Å²) in [6.07, 6.45) is 3.21. The van der Waals surface area contributed by atoms with Crippen molar-refractivity contribution in [2.75, 3.05) is 6.61 Å². The van der Waals surface area contributed by atoms with Crippen LogP contribution in [-0.4, -0.2) is 37.2 Å². The Balaban J connectivity index is 1.59. The van der Waals surface area contributed by atoms with Gasteiger partial charge >= 0.3 is 5.97 Å². The van der Waals surface area contributed by atoms with Crippen LogP contribution >= 0.6 is 0 Å². The lowest BCUT2D eigenvalue weighted by atomic mass is 9.79. The van der Waals surface area contributed by atoms with Crippen LogP contribution in [0.2, 0.25) is 0 Å². The maximum atomic E-state index is 13.7. The van der Waals surface area contributed by atoms with Crippen molar-refractivity contribution in [2.24, 2.45) is 5.92 Å². The highest BCUT2D eigenvalue weighted by atomic mass is 19.1. The third kappa shape index (κ3) is 2.88. The standard InChI is InChI=1S/C15H21FO4/c1-9-7-14(17)20-13-8-10(4-5-11(9)13)19-15-12(16)3-2-6-18-15/h7,10-13,15H,2-6,8H2,1H3. The number of rotatable bonds is 2. The topological polar surface area (TPSA) is 44.8 Å². The third-order valence-electron chi connectivity index (χ3n) is 4.47. The number of fused-ring (bicyclic) bond motifs is 1. The van der Waals surface area contributed by atoms with Crippen molar-refractivity contribution in [3.05, 3.63) is 11.6 Å². The van der Waals surface area contributed by atoms with Crippen molar-refractivity contribution < 1.29 is 23.4 Å². The molecule has 0 spiro atoms. The van der Waals surface area contributed by atoms with Crippen LogP contribution in [-0.2, 0) is 19.0 Å². The molecule has 1 saturated carbocycles. The Kier molecular flexibility index (Phi) is 4.08. The van der Waals surface area contributed by atoms with E-state index in [9.17, 15) is 9.18 Å². The number of ether oxygens (including phenoxy) is 3. The zero-order chi connectivity index (χ0) is 14.1. The monoisotopic (exact) mass is 284 g/mol. The second-order valence-electron chi connectivity index (χ2n) is 5.94. The summed E-state index contributed by atoms with van der Waals surface area (Å²) >= 11 is 0. The number of esters is 1. The van der Waals surface area contributed by atoms with E-state index in [0.717, 1.165) is 24.8 Å². The molecular formula is C15H21FO4. The normalized spacial score (nSPS) is 41.6. The van der Waals surface area contributed by atoms with Crippen LogP contribution in [0.1, 0.15) is 39.0 Å².